The van der Waals surface area contributed by atoms with E-state index in [1.165, 1.54) is 69.9 Å². The molecule has 1 nitrogen and oxygen atoms in total. The molecule has 1 aliphatic carbocycles. The summed E-state index contributed by atoms with van der Waals surface area (Å²) in [6.07, 6.45) is 9.78. The molecule has 0 bridgehead atoms. The second-order valence-corrected chi connectivity index (χ2v) is 9.29. The Bertz CT molecular complexity index is 850. The molecule has 1 aliphatic rings. The van der Waals surface area contributed by atoms with Gasteiger partial charge in [0.25, 0.3) is 0 Å². The first-order valence-corrected chi connectivity index (χ1v) is 12.1. The molecule has 0 aliphatic heterocycles. The highest BCUT2D eigenvalue weighted by Gasteiger charge is 2.35. The fraction of sp³-hybridized carbons (Fsp3) is 0.556. The summed E-state index contributed by atoms with van der Waals surface area (Å²) in [5.74, 6) is -4.12. The molecule has 0 heterocycles. The van der Waals surface area contributed by atoms with Gasteiger partial charge < -0.3 is 4.74 Å². The summed E-state index contributed by atoms with van der Waals surface area (Å²) in [7, 11) is 0. The maximum atomic E-state index is 14.4. The smallest absolute Gasteiger partial charge is 0.426 e. The van der Waals surface area contributed by atoms with Crippen LogP contribution < -0.4 is 4.74 Å². The monoisotopic (exact) mass is 468 g/mol. The van der Waals surface area contributed by atoms with Gasteiger partial charge in [0.1, 0.15) is 5.75 Å². The Balaban J connectivity index is 1.46. The molecule has 182 valence electrons. The van der Waals surface area contributed by atoms with E-state index in [-0.39, 0.29) is 0 Å². The highest BCUT2D eigenvalue weighted by atomic mass is 19.3. The number of hydrogen-bond acceptors (Lipinski definition) is 1. The maximum absolute atomic E-state index is 14.4. The van der Waals surface area contributed by atoms with Crippen molar-refractivity contribution in [2.45, 2.75) is 83.7 Å². The van der Waals surface area contributed by atoms with Crippen LogP contribution in [0.1, 0.15) is 82.3 Å². The normalized spacial score (nSPS) is 19.0. The zero-order valence-corrected chi connectivity index (χ0v) is 19.2. The quantitative estimate of drug-likeness (QED) is 0.182. The van der Waals surface area contributed by atoms with Crippen LogP contribution in [0.5, 0.6) is 5.75 Å². The van der Waals surface area contributed by atoms with Crippen molar-refractivity contribution in [2.24, 2.45) is 11.8 Å². The van der Waals surface area contributed by atoms with Gasteiger partial charge in [-0.2, -0.15) is 8.78 Å². The molecule has 1 fully saturated rings. The number of aryl methyl sites for hydroxylation is 1. The minimum Gasteiger partial charge on any atom is -0.429 e. The summed E-state index contributed by atoms with van der Waals surface area (Å²) >= 11 is 0. The van der Waals surface area contributed by atoms with E-state index in [1.54, 1.807) is 12.1 Å². The second-order valence-electron chi connectivity index (χ2n) is 9.29. The first-order chi connectivity index (χ1) is 15.8. The lowest BCUT2D eigenvalue weighted by atomic mass is 9.77. The van der Waals surface area contributed by atoms with Crippen LogP contribution in [0.3, 0.4) is 0 Å². The van der Waals surface area contributed by atoms with Crippen LogP contribution in [0, 0.1) is 29.3 Å². The van der Waals surface area contributed by atoms with Gasteiger partial charge in [-0.1, -0.05) is 76.8 Å². The Morgan fingerprint density at radius 1 is 0.818 bits per heavy atom. The van der Waals surface area contributed by atoms with Crippen molar-refractivity contribution in [1.82, 2.24) is 0 Å². The van der Waals surface area contributed by atoms with E-state index in [4.69, 9.17) is 0 Å². The van der Waals surface area contributed by atoms with E-state index in [0.717, 1.165) is 24.3 Å². The van der Waals surface area contributed by atoms with Crippen LogP contribution in [0.2, 0.25) is 0 Å². The number of benzene rings is 2. The van der Waals surface area contributed by atoms with Crippen molar-refractivity contribution < 1.29 is 26.7 Å². The van der Waals surface area contributed by atoms with Gasteiger partial charge in [0.15, 0.2) is 17.5 Å². The summed E-state index contributed by atoms with van der Waals surface area (Å²) in [6.45, 7) is 2.23. The zero-order chi connectivity index (χ0) is 23.8. The Hall–Kier alpha value is -2.11. The SMILES string of the molecule is CCCCCC[C@H]1CC[C@H](CCc2ccc(C(F)(F)Oc3cc(F)c(F)c(F)c3)cc2)CC1. The Morgan fingerprint density at radius 2 is 1.39 bits per heavy atom. The summed E-state index contributed by atoms with van der Waals surface area (Å²) in [4.78, 5) is 0. The van der Waals surface area contributed by atoms with Gasteiger partial charge in [-0.3, -0.25) is 0 Å². The highest BCUT2D eigenvalue weighted by Crippen LogP contribution is 2.35. The predicted octanol–water partition coefficient (Wildman–Crippen LogP) is 8.94. The van der Waals surface area contributed by atoms with E-state index in [0.29, 0.717) is 18.1 Å². The molecule has 6 heteroatoms. The van der Waals surface area contributed by atoms with Gasteiger partial charge in [-0.25, -0.2) is 13.2 Å². The molecule has 0 aromatic heterocycles. The number of unbranched alkanes of at least 4 members (excludes halogenated alkanes) is 3. The fourth-order valence-corrected chi connectivity index (χ4v) is 4.70. The lowest BCUT2D eigenvalue weighted by molar-refractivity contribution is -0.185. The fourth-order valence-electron chi connectivity index (χ4n) is 4.70. The molecule has 0 radical (unpaired) electrons. The first-order valence-electron chi connectivity index (χ1n) is 12.1. The second kappa shape index (κ2) is 11.8. The zero-order valence-electron chi connectivity index (χ0n) is 19.2. The number of rotatable bonds is 11. The summed E-state index contributed by atoms with van der Waals surface area (Å²) in [6, 6.07) is 6.61. The molecule has 0 atom stereocenters. The Kier molecular flexibility index (Phi) is 9.16. The molecule has 3 rings (SSSR count). The van der Waals surface area contributed by atoms with Crippen molar-refractivity contribution in [3.63, 3.8) is 0 Å². The topological polar surface area (TPSA) is 9.23 Å². The molecule has 2 aromatic carbocycles. The minimum atomic E-state index is -3.80. The lowest BCUT2D eigenvalue weighted by Crippen LogP contribution is -2.22. The summed E-state index contributed by atoms with van der Waals surface area (Å²) in [5, 5.41) is 0. The highest BCUT2D eigenvalue weighted by molar-refractivity contribution is 5.29. The predicted molar refractivity (Wildman–Crippen MR) is 120 cm³/mol. The van der Waals surface area contributed by atoms with Crippen molar-refractivity contribution in [3.05, 3.63) is 65.0 Å². The van der Waals surface area contributed by atoms with Crippen LogP contribution in [0.15, 0.2) is 36.4 Å². The van der Waals surface area contributed by atoms with Crippen molar-refractivity contribution in [1.29, 1.82) is 0 Å². The molecule has 0 amide bonds. The van der Waals surface area contributed by atoms with E-state index >= 15 is 0 Å². The molecule has 1 saturated carbocycles. The van der Waals surface area contributed by atoms with E-state index < -0.39 is 34.9 Å². The van der Waals surface area contributed by atoms with E-state index in [1.807, 2.05) is 0 Å². The summed E-state index contributed by atoms with van der Waals surface area (Å²) in [5.41, 5.74) is 0.537. The molecule has 33 heavy (non-hydrogen) atoms. The van der Waals surface area contributed by atoms with E-state index in [2.05, 4.69) is 11.7 Å². The van der Waals surface area contributed by atoms with Gasteiger partial charge >= 0.3 is 6.11 Å². The summed E-state index contributed by atoms with van der Waals surface area (Å²) < 4.78 is 72.9. The van der Waals surface area contributed by atoms with Crippen LogP contribution in [0.25, 0.3) is 0 Å². The van der Waals surface area contributed by atoms with Crippen molar-refractivity contribution in [3.8, 4) is 5.75 Å². The molecular formula is C27H33F5O. The number of ether oxygens (including phenoxy) is 1. The lowest BCUT2D eigenvalue weighted by Gasteiger charge is -2.28. The largest absolute Gasteiger partial charge is 0.429 e. The van der Waals surface area contributed by atoms with Gasteiger partial charge in [-0.05, 0) is 42.4 Å². The molecule has 0 saturated heterocycles. The third kappa shape index (κ3) is 7.44. The van der Waals surface area contributed by atoms with Gasteiger partial charge in [-0.15, -0.1) is 0 Å². The van der Waals surface area contributed by atoms with Crippen molar-refractivity contribution in [2.75, 3.05) is 0 Å². The molecule has 0 spiro atoms. The Morgan fingerprint density at radius 3 is 1.97 bits per heavy atom. The first kappa shape index (κ1) is 25.5. The van der Waals surface area contributed by atoms with Gasteiger partial charge in [0, 0.05) is 12.1 Å². The van der Waals surface area contributed by atoms with Crippen LogP contribution in [-0.4, -0.2) is 0 Å². The third-order valence-electron chi connectivity index (χ3n) is 6.77. The van der Waals surface area contributed by atoms with Crippen molar-refractivity contribution >= 4 is 0 Å². The van der Waals surface area contributed by atoms with Crippen LogP contribution >= 0.6 is 0 Å². The molecule has 0 unspecified atom stereocenters. The van der Waals surface area contributed by atoms with Gasteiger partial charge in [0.2, 0.25) is 0 Å². The molecule has 0 N–H and O–H groups in total. The minimum absolute atomic E-state index is 0.403. The van der Waals surface area contributed by atoms with E-state index in [9.17, 15) is 22.0 Å². The van der Waals surface area contributed by atoms with Gasteiger partial charge in [0.05, 0.1) is 5.56 Å². The number of hydrogen-bond donors (Lipinski definition) is 0. The average molecular weight is 469 g/mol. The average Bonchev–Trinajstić information content (AvgIpc) is 2.80. The molecular weight excluding hydrogens is 435 g/mol. The number of halogens is 5. The Labute approximate surface area is 193 Å². The van der Waals surface area contributed by atoms with Crippen LogP contribution in [-0.2, 0) is 12.5 Å². The van der Waals surface area contributed by atoms with Crippen LogP contribution in [0.4, 0.5) is 22.0 Å². The molecule has 2 aromatic rings. The third-order valence-corrected chi connectivity index (χ3v) is 6.77. The standard InChI is InChI=1S/C27H33F5O/c1-2-3-4-5-6-19-7-9-20(10-8-19)11-12-21-13-15-22(16-14-21)27(31,32)33-23-17-24(28)26(30)25(29)18-23/h13-20H,2-12H2,1H3/t19-,20-. The number of alkyl halides is 2. The maximum Gasteiger partial charge on any atom is 0.426 e.